The fourth-order valence-electron chi connectivity index (χ4n) is 2.91. The third-order valence-corrected chi connectivity index (χ3v) is 5.03. The van der Waals surface area contributed by atoms with Gasteiger partial charge in [0, 0.05) is 22.7 Å². The molecule has 2 aromatic carbocycles. The molecule has 1 aliphatic rings. The van der Waals surface area contributed by atoms with Gasteiger partial charge >= 0.3 is 0 Å². The highest BCUT2D eigenvalue weighted by molar-refractivity contribution is 7.14. The minimum Gasteiger partial charge on any atom is -0.496 e. The second kappa shape index (κ2) is 6.88. The number of benzene rings is 2. The van der Waals surface area contributed by atoms with Crippen molar-refractivity contribution < 1.29 is 14.2 Å². The topological polar surface area (TPSA) is 52.6 Å². The monoisotopic (exact) mass is 368 g/mol. The molecule has 5 nitrogen and oxygen atoms in total. The van der Waals surface area contributed by atoms with Gasteiger partial charge in [0.2, 0.25) is 6.79 Å². The molecule has 0 bridgehead atoms. The van der Waals surface area contributed by atoms with E-state index in [1.807, 2.05) is 30.3 Å². The van der Waals surface area contributed by atoms with E-state index in [1.165, 1.54) is 5.56 Å². The fourth-order valence-corrected chi connectivity index (χ4v) is 3.65. The summed E-state index contributed by atoms with van der Waals surface area (Å²) in [6.07, 6.45) is 0. The Morgan fingerprint density at radius 3 is 2.77 bits per heavy atom. The molecular formula is C20H20N2O3S. The number of fused-ring (bicyclic) bond motifs is 1. The molecule has 26 heavy (non-hydrogen) atoms. The molecule has 0 aliphatic carbocycles. The first-order valence-electron chi connectivity index (χ1n) is 8.44. The van der Waals surface area contributed by atoms with Gasteiger partial charge in [-0.25, -0.2) is 4.98 Å². The number of anilines is 2. The Morgan fingerprint density at radius 1 is 1.12 bits per heavy atom. The summed E-state index contributed by atoms with van der Waals surface area (Å²) in [6.45, 7) is 4.60. The molecule has 6 heteroatoms. The minimum absolute atomic E-state index is 0.274. The van der Waals surface area contributed by atoms with Crippen LogP contribution in [0.15, 0.2) is 41.8 Å². The summed E-state index contributed by atoms with van der Waals surface area (Å²) in [5.41, 5.74) is 4.14. The van der Waals surface area contributed by atoms with Gasteiger partial charge in [0.25, 0.3) is 0 Å². The second-order valence-corrected chi connectivity index (χ2v) is 7.20. The van der Waals surface area contributed by atoms with Gasteiger partial charge in [-0.1, -0.05) is 13.8 Å². The molecule has 1 aromatic heterocycles. The van der Waals surface area contributed by atoms with Gasteiger partial charge in [0.15, 0.2) is 16.6 Å². The van der Waals surface area contributed by atoms with Crippen LogP contribution in [0.1, 0.15) is 25.3 Å². The van der Waals surface area contributed by atoms with E-state index in [-0.39, 0.29) is 6.79 Å². The maximum Gasteiger partial charge on any atom is 0.231 e. The third kappa shape index (κ3) is 3.20. The number of nitrogens with one attached hydrogen (secondary N) is 1. The highest BCUT2D eigenvalue weighted by Crippen LogP contribution is 2.36. The zero-order chi connectivity index (χ0) is 18.1. The summed E-state index contributed by atoms with van der Waals surface area (Å²) in [4.78, 5) is 4.72. The molecule has 2 heterocycles. The van der Waals surface area contributed by atoms with E-state index in [0.29, 0.717) is 5.92 Å². The van der Waals surface area contributed by atoms with Crippen molar-refractivity contribution in [3.05, 3.63) is 47.3 Å². The minimum atomic E-state index is 0.274. The van der Waals surface area contributed by atoms with Crippen molar-refractivity contribution in [1.29, 1.82) is 0 Å². The first-order valence-corrected chi connectivity index (χ1v) is 9.32. The van der Waals surface area contributed by atoms with Crippen molar-refractivity contribution in [3.8, 4) is 28.5 Å². The average molecular weight is 368 g/mol. The third-order valence-electron chi connectivity index (χ3n) is 4.28. The predicted octanol–water partition coefficient (Wildman–Crippen LogP) is 5.41. The van der Waals surface area contributed by atoms with Gasteiger partial charge in [-0.3, -0.25) is 0 Å². The van der Waals surface area contributed by atoms with Gasteiger partial charge in [0.1, 0.15) is 5.75 Å². The van der Waals surface area contributed by atoms with Crippen molar-refractivity contribution in [3.63, 3.8) is 0 Å². The lowest BCUT2D eigenvalue weighted by Crippen LogP contribution is -1.95. The number of rotatable bonds is 5. The molecule has 0 atom stereocenters. The van der Waals surface area contributed by atoms with E-state index in [9.17, 15) is 0 Å². The number of hydrogen-bond donors (Lipinski definition) is 1. The number of hydrogen-bond acceptors (Lipinski definition) is 6. The Morgan fingerprint density at radius 2 is 1.96 bits per heavy atom. The molecule has 134 valence electrons. The molecule has 0 saturated heterocycles. The molecule has 0 amide bonds. The van der Waals surface area contributed by atoms with Crippen LogP contribution < -0.4 is 19.5 Å². The maximum atomic E-state index is 5.47. The average Bonchev–Trinajstić information content (AvgIpc) is 3.30. The Hall–Kier alpha value is -2.73. The number of aromatic nitrogens is 1. The molecule has 0 radical (unpaired) electrons. The molecular weight excluding hydrogens is 348 g/mol. The molecule has 0 fully saturated rings. The zero-order valence-electron chi connectivity index (χ0n) is 14.9. The number of thiazole rings is 1. The largest absolute Gasteiger partial charge is 0.496 e. The van der Waals surface area contributed by atoms with Gasteiger partial charge in [-0.2, -0.15) is 0 Å². The summed E-state index contributed by atoms with van der Waals surface area (Å²) in [6, 6.07) is 12.0. The molecule has 1 N–H and O–H groups in total. The van der Waals surface area contributed by atoms with Gasteiger partial charge < -0.3 is 19.5 Å². The van der Waals surface area contributed by atoms with Crippen LogP contribution in [0.2, 0.25) is 0 Å². The van der Waals surface area contributed by atoms with Gasteiger partial charge in [0.05, 0.1) is 12.8 Å². The van der Waals surface area contributed by atoms with Gasteiger partial charge in [-0.15, -0.1) is 11.3 Å². The molecule has 0 saturated carbocycles. The van der Waals surface area contributed by atoms with E-state index in [0.717, 1.165) is 39.3 Å². The highest BCUT2D eigenvalue weighted by Gasteiger charge is 2.15. The molecule has 4 rings (SSSR count). The number of ether oxygens (including phenoxy) is 3. The van der Waals surface area contributed by atoms with Crippen LogP contribution in [0.5, 0.6) is 17.2 Å². The summed E-state index contributed by atoms with van der Waals surface area (Å²) in [5.74, 6) is 2.82. The Kier molecular flexibility index (Phi) is 4.42. The van der Waals surface area contributed by atoms with Crippen LogP contribution in [0.25, 0.3) is 11.3 Å². The summed E-state index contributed by atoms with van der Waals surface area (Å²) < 4.78 is 16.2. The molecule has 0 spiro atoms. The van der Waals surface area contributed by atoms with Crippen LogP contribution in [0, 0.1) is 0 Å². The second-order valence-electron chi connectivity index (χ2n) is 6.34. The van der Waals surface area contributed by atoms with Crippen molar-refractivity contribution in [2.75, 3.05) is 19.2 Å². The van der Waals surface area contributed by atoms with Crippen LogP contribution in [0.3, 0.4) is 0 Å². The van der Waals surface area contributed by atoms with E-state index < -0.39 is 0 Å². The number of methoxy groups -OCH3 is 1. The first-order chi connectivity index (χ1) is 12.6. The zero-order valence-corrected chi connectivity index (χ0v) is 15.7. The number of nitrogens with zero attached hydrogens (tertiary/aromatic N) is 1. The highest BCUT2D eigenvalue weighted by atomic mass is 32.1. The van der Waals surface area contributed by atoms with Crippen molar-refractivity contribution in [2.45, 2.75) is 19.8 Å². The van der Waals surface area contributed by atoms with E-state index in [2.05, 4.69) is 30.6 Å². The molecule has 1 aliphatic heterocycles. The summed E-state index contributed by atoms with van der Waals surface area (Å²) in [7, 11) is 1.71. The lowest BCUT2D eigenvalue weighted by Gasteiger charge is -2.12. The van der Waals surface area contributed by atoms with Crippen molar-refractivity contribution in [1.82, 2.24) is 4.98 Å². The van der Waals surface area contributed by atoms with E-state index >= 15 is 0 Å². The lowest BCUT2D eigenvalue weighted by atomic mass is 9.99. The van der Waals surface area contributed by atoms with Gasteiger partial charge in [-0.05, 0) is 41.8 Å². The lowest BCUT2D eigenvalue weighted by molar-refractivity contribution is 0.174. The van der Waals surface area contributed by atoms with Crippen molar-refractivity contribution >= 4 is 22.2 Å². The van der Waals surface area contributed by atoms with E-state index in [4.69, 9.17) is 19.2 Å². The molecule has 3 aromatic rings. The SMILES string of the molecule is COc1ccc(-c2csc(Nc3ccc4c(c3)OCO4)n2)cc1C(C)C. The van der Waals surface area contributed by atoms with Crippen LogP contribution in [0.4, 0.5) is 10.8 Å². The van der Waals surface area contributed by atoms with E-state index in [1.54, 1.807) is 18.4 Å². The van der Waals surface area contributed by atoms with Crippen LogP contribution in [-0.2, 0) is 0 Å². The van der Waals surface area contributed by atoms with Crippen LogP contribution in [-0.4, -0.2) is 18.9 Å². The summed E-state index contributed by atoms with van der Waals surface area (Å²) >= 11 is 1.57. The predicted molar refractivity (Wildman–Crippen MR) is 104 cm³/mol. The fraction of sp³-hybridized carbons (Fsp3) is 0.250. The van der Waals surface area contributed by atoms with Crippen LogP contribution >= 0.6 is 11.3 Å². The van der Waals surface area contributed by atoms with Crippen molar-refractivity contribution in [2.24, 2.45) is 0 Å². The normalized spacial score (nSPS) is 12.5. The Bertz CT molecular complexity index is 937. The Labute approximate surface area is 156 Å². The maximum absolute atomic E-state index is 5.47. The quantitative estimate of drug-likeness (QED) is 0.652. The Balaban J connectivity index is 1.57. The first kappa shape index (κ1) is 16.7. The smallest absolute Gasteiger partial charge is 0.231 e. The molecule has 0 unspecified atom stereocenters. The standard InChI is InChI=1S/C20H20N2O3S/c1-12(2)15-8-13(4-6-17(15)23-3)16-10-26-20(22-16)21-14-5-7-18-19(9-14)25-11-24-18/h4-10,12H,11H2,1-3H3,(H,21,22). The summed E-state index contributed by atoms with van der Waals surface area (Å²) in [5, 5.41) is 6.22.